The summed E-state index contributed by atoms with van der Waals surface area (Å²) in [6.07, 6.45) is 3.28. The van der Waals surface area contributed by atoms with Crippen molar-refractivity contribution in [3.8, 4) is 11.1 Å². The molecule has 1 unspecified atom stereocenters. The first-order valence-corrected chi connectivity index (χ1v) is 11.8. The molecule has 5 aromatic rings. The quantitative estimate of drug-likeness (QED) is 0.245. The van der Waals surface area contributed by atoms with Crippen molar-refractivity contribution in [2.24, 2.45) is 7.05 Å². The molecule has 0 fully saturated rings. The van der Waals surface area contributed by atoms with Crippen LogP contribution in [0.5, 0.6) is 0 Å². The Bertz CT molecular complexity index is 1530. The summed E-state index contributed by atoms with van der Waals surface area (Å²) in [7, 11) is 1.83. The Labute approximate surface area is 216 Å². The van der Waals surface area contributed by atoms with E-state index in [2.05, 4.69) is 9.97 Å². The van der Waals surface area contributed by atoms with Gasteiger partial charge in [-0.3, -0.25) is 0 Å². The number of halogens is 4. The molecule has 0 spiro atoms. The van der Waals surface area contributed by atoms with E-state index in [1.807, 2.05) is 31.3 Å². The lowest BCUT2D eigenvalue weighted by atomic mass is 9.83. The fourth-order valence-corrected chi connectivity index (χ4v) is 5.18. The second kappa shape index (κ2) is 8.88. The highest BCUT2D eigenvalue weighted by molar-refractivity contribution is 6.42. The number of aryl methyl sites for hydroxylation is 1. The van der Waals surface area contributed by atoms with Gasteiger partial charge in [-0.25, -0.2) is 9.97 Å². The molecule has 0 saturated carbocycles. The number of hydrogen-bond donors (Lipinski definition) is 1. The van der Waals surface area contributed by atoms with Crippen LogP contribution in [0.4, 0.5) is 0 Å². The largest absolute Gasteiger partial charge is 0.374 e. The van der Waals surface area contributed by atoms with Gasteiger partial charge in [0.1, 0.15) is 5.15 Å². The molecule has 4 nitrogen and oxygen atoms in total. The number of hydrogen-bond acceptors (Lipinski definition) is 3. The maximum absolute atomic E-state index is 12.2. The van der Waals surface area contributed by atoms with E-state index in [1.165, 1.54) is 0 Å². The van der Waals surface area contributed by atoms with Crippen LogP contribution in [0.2, 0.25) is 20.2 Å². The van der Waals surface area contributed by atoms with E-state index < -0.39 is 5.60 Å². The van der Waals surface area contributed by atoms with Crippen molar-refractivity contribution < 1.29 is 5.11 Å². The number of aliphatic hydroxyl groups is 1. The zero-order valence-electron chi connectivity index (χ0n) is 17.8. The van der Waals surface area contributed by atoms with Crippen molar-refractivity contribution in [1.82, 2.24) is 14.5 Å². The Morgan fingerprint density at radius 1 is 0.853 bits per heavy atom. The first-order valence-electron chi connectivity index (χ1n) is 10.3. The predicted octanol–water partition coefficient (Wildman–Crippen LogP) is 7.53. The minimum atomic E-state index is -1.52. The highest BCUT2D eigenvalue weighted by atomic mass is 35.5. The van der Waals surface area contributed by atoms with Gasteiger partial charge in [0, 0.05) is 28.0 Å². The molecule has 2 heterocycles. The molecule has 0 aliphatic heterocycles. The van der Waals surface area contributed by atoms with Crippen molar-refractivity contribution >= 4 is 57.3 Å². The fraction of sp³-hybridized carbons (Fsp3) is 0.0769. The lowest BCUT2D eigenvalue weighted by molar-refractivity contribution is 0.117. The van der Waals surface area contributed by atoms with E-state index in [1.54, 1.807) is 59.6 Å². The Balaban J connectivity index is 1.78. The zero-order valence-corrected chi connectivity index (χ0v) is 20.8. The number of nitrogens with zero attached hydrogens (tertiary/aromatic N) is 3. The summed E-state index contributed by atoms with van der Waals surface area (Å²) in [5.74, 6) is 0. The van der Waals surface area contributed by atoms with E-state index >= 15 is 0 Å². The SMILES string of the molecule is Cn1cncc1C(O)(c1ccc(Cl)cc1)c1ccc2nc(Cl)c(-c3cccc(Cl)c3)c(Cl)c2c1. The van der Waals surface area contributed by atoms with Gasteiger partial charge in [-0.2, -0.15) is 0 Å². The molecule has 0 aliphatic carbocycles. The summed E-state index contributed by atoms with van der Waals surface area (Å²) in [6, 6.07) is 19.8. The van der Waals surface area contributed by atoms with Crippen LogP contribution in [-0.2, 0) is 12.6 Å². The molecule has 1 atom stereocenters. The van der Waals surface area contributed by atoms with Crippen LogP contribution in [0.1, 0.15) is 16.8 Å². The number of rotatable bonds is 4. The van der Waals surface area contributed by atoms with Gasteiger partial charge < -0.3 is 9.67 Å². The molecular weight excluding hydrogens is 512 g/mol. The van der Waals surface area contributed by atoms with Gasteiger partial charge in [0.05, 0.1) is 28.8 Å². The molecule has 34 heavy (non-hydrogen) atoms. The molecule has 0 saturated heterocycles. The molecular formula is C26H17Cl4N3O. The highest BCUT2D eigenvalue weighted by Crippen LogP contribution is 2.42. The minimum absolute atomic E-state index is 0.270. The average Bonchev–Trinajstić information content (AvgIpc) is 3.25. The third-order valence-electron chi connectivity index (χ3n) is 5.86. The van der Waals surface area contributed by atoms with Gasteiger partial charge in [0.2, 0.25) is 0 Å². The minimum Gasteiger partial charge on any atom is -0.374 e. The molecule has 5 rings (SSSR count). The molecule has 3 aromatic carbocycles. The summed E-state index contributed by atoms with van der Waals surface area (Å²) in [5, 5.41) is 14.7. The van der Waals surface area contributed by atoms with E-state index in [-0.39, 0.29) is 5.15 Å². The van der Waals surface area contributed by atoms with Crippen molar-refractivity contribution in [3.63, 3.8) is 0 Å². The molecule has 0 amide bonds. The zero-order chi connectivity index (χ0) is 24.0. The number of imidazole rings is 1. The highest BCUT2D eigenvalue weighted by Gasteiger charge is 2.37. The van der Waals surface area contributed by atoms with E-state index in [4.69, 9.17) is 46.4 Å². The first-order chi connectivity index (χ1) is 16.3. The first kappa shape index (κ1) is 23.2. The summed E-state index contributed by atoms with van der Waals surface area (Å²) < 4.78 is 1.78. The van der Waals surface area contributed by atoms with Crippen LogP contribution in [0.15, 0.2) is 79.3 Å². The van der Waals surface area contributed by atoms with Crippen molar-refractivity contribution in [1.29, 1.82) is 0 Å². The second-order valence-electron chi connectivity index (χ2n) is 7.94. The standard InChI is InChI=1S/C26H17Cl4N3O/c1-33-14-31-13-22(33)26(34,16-5-8-18(27)9-6-16)17-7-10-21-20(12-17)24(29)23(25(30)32-21)15-3-2-4-19(28)11-15/h2-14,34H,1H3. The Morgan fingerprint density at radius 3 is 2.26 bits per heavy atom. The molecule has 8 heteroatoms. The summed E-state index contributed by atoms with van der Waals surface area (Å²) in [6.45, 7) is 0. The number of fused-ring (bicyclic) bond motifs is 1. The van der Waals surface area contributed by atoms with Gasteiger partial charge >= 0.3 is 0 Å². The van der Waals surface area contributed by atoms with Gasteiger partial charge in [0.25, 0.3) is 0 Å². The van der Waals surface area contributed by atoms with E-state index in [0.717, 1.165) is 5.56 Å². The number of pyridine rings is 1. The summed E-state index contributed by atoms with van der Waals surface area (Å²) >= 11 is 25.7. The summed E-state index contributed by atoms with van der Waals surface area (Å²) in [4.78, 5) is 8.77. The second-order valence-corrected chi connectivity index (χ2v) is 9.55. The molecule has 0 aliphatic rings. The number of aromatic nitrogens is 3. The smallest absolute Gasteiger partial charge is 0.156 e. The van der Waals surface area contributed by atoms with Gasteiger partial charge in [-0.1, -0.05) is 76.7 Å². The van der Waals surface area contributed by atoms with Crippen LogP contribution >= 0.6 is 46.4 Å². The van der Waals surface area contributed by atoms with Crippen LogP contribution in [0.25, 0.3) is 22.0 Å². The number of benzene rings is 3. The molecule has 0 radical (unpaired) electrons. The average molecular weight is 529 g/mol. The predicted molar refractivity (Wildman–Crippen MR) is 139 cm³/mol. The Kier molecular flexibility index (Phi) is 6.05. The topological polar surface area (TPSA) is 50.9 Å². The lowest BCUT2D eigenvalue weighted by Gasteiger charge is -2.30. The van der Waals surface area contributed by atoms with Gasteiger partial charge in [0.15, 0.2) is 5.60 Å². The normalized spacial score (nSPS) is 13.2. The molecule has 1 N–H and O–H groups in total. The monoisotopic (exact) mass is 527 g/mol. The van der Waals surface area contributed by atoms with Gasteiger partial charge in [-0.15, -0.1) is 0 Å². The van der Waals surface area contributed by atoms with Crippen molar-refractivity contribution in [3.05, 3.63) is 116 Å². The van der Waals surface area contributed by atoms with Crippen molar-refractivity contribution in [2.75, 3.05) is 0 Å². The van der Waals surface area contributed by atoms with E-state index in [0.29, 0.717) is 48.4 Å². The maximum Gasteiger partial charge on any atom is 0.156 e. The molecule has 170 valence electrons. The van der Waals surface area contributed by atoms with Crippen LogP contribution in [0, 0.1) is 0 Å². The third kappa shape index (κ3) is 3.86. The van der Waals surface area contributed by atoms with Crippen molar-refractivity contribution in [2.45, 2.75) is 5.60 Å². The van der Waals surface area contributed by atoms with Crippen LogP contribution in [0.3, 0.4) is 0 Å². The summed E-state index contributed by atoms with van der Waals surface area (Å²) in [5.41, 5.74) is 2.22. The van der Waals surface area contributed by atoms with Gasteiger partial charge in [-0.05, 0) is 53.1 Å². The third-order valence-corrected chi connectivity index (χ3v) is 7.01. The Morgan fingerprint density at radius 2 is 1.59 bits per heavy atom. The fourth-order valence-electron chi connectivity index (χ4n) is 4.17. The Hall–Kier alpha value is -2.60. The maximum atomic E-state index is 12.2. The lowest BCUT2D eigenvalue weighted by Crippen LogP contribution is -2.31. The molecule has 2 aromatic heterocycles. The van der Waals surface area contributed by atoms with E-state index in [9.17, 15) is 5.11 Å². The van der Waals surface area contributed by atoms with Crippen LogP contribution in [-0.4, -0.2) is 19.6 Å². The molecule has 0 bridgehead atoms. The van der Waals surface area contributed by atoms with Crippen LogP contribution < -0.4 is 0 Å².